The minimum atomic E-state index is -2.72. The number of hydrogen-bond donors (Lipinski definition) is 0. The van der Waals surface area contributed by atoms with Crippen molar-refractivity contribution in [2.75, 3.05) is 0 Å². The van der Waals surface area contributed by atoms with Crippen molar-refractivity contribution in [1.29, 1.82) is 0 Å². The standard InChI is InChI=1S/C7H4ClF2IN2O2/c8-2-3-1-4(5(9)10)6(11)12-7(3)13(14)15/h1,5H,2H2. The van der Waals surface area contributed by atoms with Gasteiger partial charge in [-0.1, -0.05) is 0 Å². The Morgan fingerprint density at radius 2 is 2.27 bits per heavy atom. The summed E-state index contributed by atoms with van der Waals surface area (Å²) in [6.45, 7) is 0. The summed E-state index contributed by atoms with van der Waals surface area (Å²) in [7, 11) is 0. The van der Waals surface area contributed by atoms with Crippen LogP contribution in [0.15, 0.2) is 6.07 Å². The first-order valence-corrected chi connectivity index (χ1v) is 5.26. The smallest absolute Gasteiger partial charge is 0.358 e. The van der Waals surface area contributed by atoms with Crippen molar-refractivity contribution >= 4 is 40.0 Å². The van der Waals surface area contributed by atoms with E-state index in [1.54, 1.807) is 0 Å². The van der Waals surface area contributed by atoms with E-state index in [1.165, 1.54) is 22.6 Å². The van der Waals surface area contributed by atoms with Gasteiger partial charge < -0.3 is 10.1 Å². The second-order valence-corrected chi connectivity index (χ2v) is 3.83. The molecule has 1 aromatic heterocycles. The van der Waals surface area contributed by atoms with Gasteiger partial charge in [-0.3, -0.25) is 0 Å². The zero-order valence-electron chi connectivity index (χ0n) is 7.08. The van der Waals surface area contributed by atoms with Crippen molar-refractivity contribution in [2.24, 2.45) is 0 Å². The minimum absolute atomic E-state index is 0.00242. The second kappa shape index (κ2) is 4.97. The average molecular weight is 348 g/mol. The topological polar surface area (TPSA) is 56.0 Å². The SMILES string of the molecule is O=[N+]([O-])c1nc(I)c(C(F)F)cc1CCl. The lowest BCUT2D eigenvalue weighted by Crippen LogP contribution is -2.02. The van der Waals surface area contributed by atoms with Gasteiger partial charge in [0.1, 0.15) is 0 Å². The molecular formula is C7H4ClF2IN2O2. The molecule has 0 fully saturated rings. The van der Waals surface area contributed by atoms with Crippen molar-refractivity contribution in [2.45, 2.75) is 12.3 Å². The lowest BCUT2D eigenvalue weighted by molar-refractivity contribution is -0.390. The molecule has 0 amide bonds. The van der Waals surface area contributed by atoms with E-state index in [1.807, 2.05) is 0 Å². The molecule has 0 saturated heterocycles. The van der Waals surface area contributed by atoms with Crippen LogP contribution in [-0.2, 0) is 5.88 Å². The Morgan fingerprint density at radius 1 is 1.67 bits per heavy atom. The molecule has 0 unspecified atom stereocenters. The van der Waals surface area contributed by atoms with Crippen LogP contribution in [0.25, 0.3) is 0 Å². The van der Waals surface area contributed by atoms with E-state index in [0.29, 0.717) is 0 Å². The molecule has 4 nitrogen and oxygen atoms in total. The Morgan fingerprint density at radius 3 is 2.67 bits per heavy atom. The van der Waals surface area contributed by atoms with Crippen LogP contribution in [0, 0.1) is 13.8 Å². The largest absolute Gasteiger partial charge is 0.369 e. The fourth-order valence-electron chi connectivity index (χ4n) is 0.951. The summed E-state index contributed by atoms with van der Waals surface area (Å²) in [6, 6.07) is 1.02. The number of nitrogens with zero attached hydrogens (tertiary/aromatic N) is 2. The molecule has 0 radical (unpaired) electrons. The summed E-state index contributed by atoms with van der Waals surface area (Å²) >= 11 is 6.94. The predicted octanol–water partition coefficient (Wildman–Crippen LogP) is 3.27. The van der Waals surface area contributed by atoms with Crippen LogP contribution in [-0.4, -0.2) is 9.91 Å². The molecule has 1 rings (SSSR count). The number of alkyl halides is 3. The van der Waals surface area contributed by atoms with Crippen LogP contribution in [0.4, 0.5) is 14.6 Å². The van der Waals surface area contributed by atoms with Gasteiger partial charge in [-0.15, -0.1) is 11.6 Å². The first-order chi connectivity index (χ1) is 6.97. The summed E-state index contributed by atoms with van der Waals surface area (Å²) in [5.74, 6) is -0.696. The normalized spacial score (nSPS) is 10.7. The molecule has 0 aliphatic heterocycles. The van der Waals surface area contributed by atoms with Gasteiger partial charge in [-0.2, -0.15) is 0 Å². The number of pyridine rings is 1. The highest BCUT2D eigenvalue weighted by Crippen LogP contribution is 2.28. The molecule has 0 saturated carbocycles. The lowest BCUT2D eigenvalue weighted by atomic mass is 10.2. The fourth-order valence-corrected chi connectivity index (χ4v) is 1.77. The molecule has 15 heavy (non-hydrogen) atoms. The summed E-state index contributed by atoms with van der Waals surface area (Å²) < 4.78 is 24.8. The van der Waals surface area contributed by atoms with Crippen LogP contribution in [0.3, 0.4) is 0 Å². The molecule has 82 valence electrons. The van der Waals surface area contributed by atoms with Crippen LogP contribution in [0.2, 0.25) is 0 Å². The molecule has 8 heteroatoms. The molecule has 0 spiro atoms. The Hall–Kier alpha value is -0.570. The lowest BCUT2D eigenvalue weighted by Gasteiger charge is -2.03. The molecule has 0 aromatic carbocycles. The number of hydrogen-bond acceptors (Lipinski definition) is 3. The Labute approximate surface area is 102 Å². The highest BCUT2D eigenvalue weighted by molar-refractivity contribution is 14.1. The van der Waals surface area contributed by atoms with E-state index < -0.39 is 17.2 Å². The number of aromatic nitrogens is 1. The molecule has 0 bridgehead atoms. The highest BCUT2D eigenvalue weighted by atomic mass is 127. The number of rotatable bonds is 3. The van der Waals surface area contributed by atoms with Gasteiger partial charge in [0.2, 0.25) is 3.70 Å². The maximum absolute atomic E-state index is 12.4. The molecule has 0 atom stereocenters. The maximum Gasteiger partial charge on any atom is 0.369 e. The van der Waals surface area contributed by atoms with Gasteiger partial charge in [-0.25, -0.2) is 8.78 Å². The van der Waals surface area contributed by atoms with Gasteiger partial charge >= 0.3 is 5.82 Å². The predicted molar refractivity (Wildman–Crippen MR) is 58.1 cm³/mol. The summed E-state index contributed by atoms with van der Waals surface area (Å²) in [5.41, 5.74) is -0.339. The number of halogens is 4. The van der Waals surface area contributed by atoms with E-state index in [9.17, 15) is 18.9 Å². The molecule has 1 heterocycles. The van der Waals surface area contributed by atoms with Crippen LogP contribution in [0.5, 0.6) is 0 Å². The monoisotopic (exact) mass is 348 g/mol. The Kier molecular flexibility index (Phi) is 4.14. The first-order valence-electron chi connectivity index (χ1n) is 3.65. The van der Waals surface area contributed by atoms with Crippen molar-refractivity contribution in [3.63, 3.8) is 0 Å². The zero-order chi connectivity index (χ0) is 11.6. The van der Waals surface area contributed by atoms with E-state index in [0.717, 1.165) is 6.07 Å². The maximum atomic E-state index is 12.4. The second-order valence-electron chi connectivity index (χ2n) is 2.54. The Balaban J connectivity index is 3.35. The third kappa shape index (κ3) is 2.71. The van der Waals surface area contributed by atoms with Crippen molar-refractivity contribution < 1.29 is 13.7 Å². The first kappa shape index (κ1) is 12.5. The molecule has 0 N–H and O–H groups in total. The Bertz CT molecular complexity index is 403. The van der Waals surface area contributed by atoms with Gasteiger partial charge in [0.15, 0.2) is 0 Å². The molecule has 0 aliphatic rings. The fraction of sp³-hybridized carbons (Fsp3) is 0.286. The molecule has 0 aliphatic carbocycles. The summed E-state index contributed by atoms with van der Waals surface area (Å²) in [4.78, 5) is 13.3. The zero-order valence-corrected chi connectivity index (χ0v) is 10.00. The van der Waals surface area contributed by atoms with Gasteiger partial charge in [0.05, 0.1) is 17.0 Å². The molecular weight excluding hydrogens is 344 g/mol. The summed E-state index contributed by atoms with van der Waals surface area (Å²) in [6.07, 6.45) is -2.72. The number of nitro groups is 1. The third-order valence-corrected chi connectivity index (χ3v) is 2.76. The van der Waals surface area contributed by atoms with Crippen LogP contribution >= 0.6 is 34.2 Å². The van der Waals surface area contributed by atoms with Crippen molar-refractivity contribution in [3.8, 4) is 0 Å². The van der Waals surface area contributed by atoms with Gasteiger partial charge in [0, 0.05) is 22.6 Å². The van der Waals surface area contributed by atoms with E-state index in [4.69, 9.17) is 11.6 Å². The average Bonchev–Trinajstić information content (AvgIpc) is 2.16. The highest BCUT2D eigenvalue weighted by Gasteiger charge is 2.23. The van der Waals surface area contributed by atoms with Gasteiger partial charge in [-0.05, 0) is 16.0 Å². The van der Waals surface area contributed by atoms with E-state index >= 15 is 0 Å². The summed E-state index contributed by atoms with van der Waals surface area (Å²) in [5, 5.41) is 10.5. The van der Waals surface area contributed by atoms with Crippen molar-refractivity contribution in [3.05, 3.63) is 31.0 Å². The molecule has 1 aromatic rings. The van der Waals surface area contributed by atoms with Crippen LogP contribution in [0.1, 0.15) is 17.6 Å². The third-order valence-electron chi connectivity index (χ3n) is 1.61. The van der Waals surface area contributed by atoms with Gasteiger partial charge in [0.25, 0.3) is 6.43 Å². The van der Waals surface area contributed by atoms with E-state index in [-0.39, 0.29) is 20.7 Å². The quantitative estimate of drug-likeness (QED) is 0.277. The minimum Gasteiger partial charge on any atom is -0.358 e. The van der Waals surface area contributed by atoms with Crippen molar-refractivity contribution in [1.82, 2.24) is 4.98 Å². The van der Waals surface area contributed by atoms with Crippen LogP contribution < -0.4 is 0 Å². The van der Waals surface area contributed by atoms with E-state index in [2.05, 4.69) is 4.98 Å².